The molecule has 0 aliphatic heterocycles. The molecular weight excluding hydrogens is 86.1 g/mol. The van der Waals surface area contributed by atoms with Crippen LogP contribution in [0, 0.1) is 12.3 Å². The molecule has 0 aliphatic carbocycles. The highest BCUT2D eigenvalue weighted by Crippen LogP contribution is 1.81. The van der Waals surface area contributed by atoms with Crippen molar-refractivity contribution in [3.8, 4) is 12.3 Å². The van der Waals surface area contributed by atoms with Crippen LogP contribution in [0.2, 0.25) is 0 Å². The number of hydrogen-bond donors (Lipinski definition) is 1. The van der Waals surface area contributed by atoms with Gasteiger partial charge in [-0.25, -0.2) is 0 Å². The van der Waals surface area contributed by atoms with E-state index in [1.54, 1.807) is 6.20 Å². The summed E-state index contributed by atoms with van der Waals surface area (Å²) in [6.45, 7) is 1.87. The molecule has 1 N–H and O–H groups in total. The zero-order valence-electron chi connectivity index (χ0n) is 4.65. The van der Waals surface area contributed by atoms with Crippen LogP contribution in [0.25, 0.3) is 0 Å². The monoisotopic (exact) mass is 95.1 g/mol. The van der Waals surface area contributed by atoms with Gasteiger partial charge in [-0.3, -0.25) is 0 Å². The normalized spacial score (nSPS) is 10.1. The first-order valence-corrected chi connectivity index (χ1v) is 2.12. The Hall–Kier alpha value is -0.900. The highest BCUT2D eigenvalue weighted by molar-refractivity contribution is 5.21. The number of allylic oxidation sites excluding steroid dienone is 1. The zero-order valence-corrected chi connectivity index (χ0v) is 4.65. The average Bonchev–Trinajstić information content (AvgIpc) is 1.68. The van der Waals surface area contributed by atoms with Gasteiger partial charge in [-0.2, -0.15) is 0 Å². The second-order valence-electron chi connectivity index (χ2n) is 1.26. The lowest BCUT2D eigenvalue weighted by Gasteiger charge is -1.84. The van der Waals surface area contributed by atoms with Crippen molar-refractivity contribution in [2.45, 2.75) is 6.92 Å². The van der Waals surface area contributed by atoms with Gasteiger partial charge >= 0.3 is 0 Å². The van der Waals surface area contributed by atoms with Gasteiger partial charge in [0.1, 0.15) is 0 Å². The van der Waals surface area contributed by atoms with E-state index in [1.165, 1.54) is 0 Å². The van der Waals surface area contributed by atoms with Gasteiger partial charge in [0.25, 0.3) is 0 Å². The Bertz CT molecular complexity index is 106. The largest absolute Gasteiger partial charge is 0.393 e. The second kappa shape index (κ2) is 3.30. The number of rotatable bonds is 1. The van der Waals surface area contributed by atoms with Gasteiger partial charge in [0.15, 0.2) is 0 Å². The summed E-state index contributed by atoms with van der Waals surface area (Å²) in [5.74, 6) is 2.46. The van der Waals surface area contributed by atoms with Crippen molar-refractivity contribution in [3.05, 3.63) is 11.8 Å². The standard InChI is InChI=1S/C6H9N/c1-4-6(2)5-7-3/h1,5,7H,2-3H3/b6-5+. The van der Waals surface area contributed by atoms with Gasteiger partial charge in [0, 0.05) is 18.8 Å². The lowest BCUT2D eigenvalue weighted by molar-refractivity contribution is 1.09. The zero-order chi connectivity index (χ0) is 5.70. The van der Waals surface area contributed by atoms with Crippen molar-refractivity contribution in [3.63, 3.8) is 0 Å². The van der Waals surface area contributed by atoms with Gasteiger partial charge in [0.05, 0.1) is 0 Å². The van der Waals surface area contributed by atoms with Gasteiger partial charge in [-0.1, -0.05) is 5.92 Å². The fourth-order valence-corrected chi connectivity index (χ4v) is 0.258. The quantitative estimate of drug-likeness (QED) is 0.474. The summed E-state index contributed by atoms with van der Waals surface area (Å²) in [7, 11) is 1.82. The van der Waals surface area contributed by atoms with Gasteiger partial charge in [-0.15, -0.1) is 6.42 Å². The van der Waals surface area contributed by atoms with Crippen LogP contribution in [0.1, 0.15) is 6.92 Å². The summed E-state index contributed by atoms with van der Waals surface area (Å²) in [6, 6.07) is 0. The topological polar surface area (TPSA) is 12.0 Å². The Morgan fingerprint density at radius 1 is 1.86 bits per heavy atom. The van der Waals surface area contributed by atoms with E-state index in [-0.39, 0.29) is 0 Å². The van der Waals surface area contributed by atoms with Crippen LogP contribution in [0.4, 0.5) is 0 Å². The van der Waals surface area contributed by atoms with Crippen molar-refractivity contribution < 1.29 is 0 Å². The van der Waals surface area contributed by atoms with Crippen LogP contribution in [0.3, 0.4) is 0 Å². The molecule has 0 aromatic heterocycles. The minimum absolute atomic E-state index is 0.919. The summed E-state index contributed by atoms with van der Waals surface area (Å²) >= 11 is 0. The summed E-state index contributed by atoms with van der Waals surface area (Å²) in [4.78, 5) is 0. The van der Waals surface area contributed by atoms with Crippen LogP contribution in [0.15, 0.2) is 11.8 Å². The molecule has 0 aromatic carbocycles. The van der Waals surface area contributed by atoms with Crippen molar-refractivity contribution >= 4 is 0 Å². The van der Waals surface area contributed by atoms with Crippen molar-refractivity contribution in [2.24, 2.45) is 0 Å². The molecule has 1 nitrogen and oxygen atoms in total. The summed E-state index contributed by atoms with van der Waals surface area (Å²) < 4.78 is 0. The van der Waals surface area contributed by atoms with E-state index in [4.69, 9.17) is 6.42 Å². The van der Waals surface area contributed by atoms with E-state index in [0.29, 0.717) is 0 Å². The molecule has 0 atom stereocenters. The van der Waals surface area contributed by atoms with Crippen LogP contribution < -0.4 is 5.32 Å². The predicted octanol–water partition coefficient (Wildman–Crippen LogP) is 0.743. The highest BCUT2D eigenvalue weighted by Gasteiger charge is 1.71. The molecule has 0 heterocycles. The number of hydrogen-bond acceptors (Lipinski definition) is 1. The Balaban J connectivity index is 3.57. The van der Waals surface area contributed by atoms with Crippen LogP contribution in [-0.4, -0.2) is 7.05 Å². The summed E-state index contributed by atoms with van der Waals surface area (Å²) in [5, 5.41) is 2.81. The Labute approximate surface area is 44.4 Å². The molecule has 0 aliphatic rings. The highest BCUT2D eigenvalue weighted by atomic mass is 14.8. The van der Waals surface area contributed by atoms with E-state index in [2.05, 4.69) is 11.2 Å². The molecule has 0 saturated carbocycles. The van der Waals surface area contributed by atoms with Crippen molar-refractivity contribution in [1.82, 2.24) is 5.32 Å². The SMILES string of the molecule is C#C/C(C)=C/NC. The van der Waals surface area contributed by atoms with Crippen molar-refractivity contribution in [2.75, 3.05) is 7.05 Å². The van der Waals surface area contributed by atoms with E-state index >= 15 is 0 Å². The van der Waals surface area contributed by atoms with Gasteiger partial charge < -0.3 is 5.32 Å². The van der Waals surface area contributed by atoms with Crippen molar-refractivity contribution in [1.29, 1.82) is 0 Å². The first kappa shape index (κ1) is 6.10. The van der Waals surface area contributed by atoms with E-state index in [1.807, 2.05) is 14.0 Å². The molecule has 0 aromatic rings. The number of nitrogens with one attached hydrogen (secondary N) is 1. The third-order valence-corrected chi connectivity index (χ3v) is 0.589. The predicted molar refractivity (Wildman–Crippen MR) is 31.6 cm³/mol. The van der Waals surface area contributed by atoms with Gasteiger partial charge in [0.2, 0.25) is 0 Å². The smallest absolute Gasteiger partial charge is 0.0143 e. The fourth-order valence-electron chi connectivity index (χ4n) is 0.258. The van der Waals surface area contributed by atoms with Crippen LogP contribution in [0.5, 0.6) is 0 Å². The number of terminal acetylenes is 1. The molecule has 38 valence electrons. The first-order chi connectivity index (χ1) is 3.31. The van der Waals surface area contributed by atoms with E-state index in [0.717, 1.165) is 5.57 Å². The molecule has 0 saturated heterocycles. The molecule has 7 heavy (non-hydrogen) atoms. The Kier molecular flexibility index (Phi) is 2.87. The molecule has 0 radical (unpaired) electrons. The Morgan fingerprint density at radius 3 is 2.57 bits per heavy atom. The molecule has 0 spiro atoms. The summed E-state index contributed by atoms with van der Waals surface area (Å²) in [5.41, 5.74) is 0.919. The molecule has 0 rings (SSSR count). The maximum atomic E-state index is 5.00. The molecule has 0 amide bonds. The maximum absolute atomic E-state index is 5.00. The first-order valence-electron chi connectivity index (χ1n) is 2.12. The maximum Gasteiger partial charge on any atom is 0.0143 e. The van der Waals surface area contributed by atoms with Crippen LogP contribution in [-0.2, 0) is 0 Å². The third-order valence-electron chi connectivity index (χ3n) is 0.589. The molecule has 0 bridgehead atoms. The van der Waals surface area contributed by atoms with E-state index < -0.39 is 0 Å². The minimum atomic E-state index is 0.919. The molecule has 0 fully saturated rings. The Morgan fingerprint density at radius 2 is 2.43 bits per heavy atom. The minimum Gasteiger partial charge on any atom is -0.393 e. The molecular formula is C6H9N. The van der Waals surface area contributed by atoms with Crippen LogP contribution >= 0.6 is 0 Å². The van der Waals surface area contributed by atoms with Gasteiger partial charge in [-0.05, 0) is 6.92 Å². The average molecular weight is 95.1 g/mol. The van der Waals surface area contributed by atoms with E-state index in [9.17, 15) is 0 Å². The lowest BCUT2D eigenvalue weighted by atomic mass is 10.4. The second-order valence-corrected chi connectivity index (χ2v) is 1.26. The molecule has 1 heteroatoms. The third kappa shape index (κ3) is 2.92. The molecule has 0 unspecified atom stereocenters. The summed E-state index contributed by atoms with van der Waals surface area (Å²) in [6.07, 6.45) is 6.78. The lowest BCUT2D eigenvalue weighted by Crippen LogP contribution is -1.92. The fraction of sp³-hybridized carbons (Fsp3) is 0.333.